The van der Waals surface area contributed by atoms with Crippen LogP contribution in [0.1, 0.15) is 158 Å². The van der Waals surface area contributed by atoms with Gasteiger partial charge < -0.3 is 55.5 Å². The average Bonchev–Trinajstić information content (AvgIpc) is 1.44. The van der Waals surface area contributed by atoms with Crippen molar-refractivity contribution in [2.75, 3.05) is 45.7 Å². The number of ketones is 2. The van der Waals surface area contributed by atoms with Crippen molar-refractivity contribution in [2.45, 2.75) is 173 Å². The van der Waals surface area contributed by atoms with Crippen LogP contribution in [0.4, 0.5) is 15.3 Å². The number of nitrogens with zero attached hydrogens (tertiary/aromatic N) is 3. The number of carboxylic acid groups (broad SMARTS) is 1. The topological polar surface area (TPSA) is 287 Å². The quantitative estimate of drug-likeness (QED) is 0.0515. The van der Waals surface area contributed by atoms with Crippen LogP contribution in [0.3, 0.4) is 0 Å². The molecule has 0 aromatic heterocycles. The Kier molecular flexibility index (Phi) is 19.5. The summed E-state index contributed by atoms with van der Waals surface area (Å²) in [6, 6.07) is 21.2. The molecule has 2 aliphatic heterocycles. The Hall–Kier alpha value is -8.01. The third kappa shape index (κ3) is 13.8. The number of nitrogens with one attached hydrogen (secondary N) is 4. The minimum atomic E-state index is -1.40. The van der Waals surface area contributed by atoms with Crippen molar-refractivity contribution >= 4 is 65.0 Å². The van der Waals surface area contributed by atoms with Gasteiger partial charge in [0.2, 0.25) is 23.5 Å². The minimum Gasteiger partial charge on any atom is -0.481 e. The molecule has 2 heterocycles. The lowest BCUT2D eigenvalue weighted by Gasteiger charge is -2.69. The summed E-state index contributed by atoms with van der Waals surface area (Å²) in [4.78, 5) is 108. The van der Waals surface area contributed by atoms with Gasteiger partial charge in [0.25, 0.3) is 0 Å². The van der Waals surface area contributed by atoms with Crippen molar-refractivity contribution < 1.29 is 62.4 Å². The van der Waals surface area contributed by atoms with Gasteiger partial charge >= 0.3 is 18.2 Å². The fraction of sp³-hybridized carbons (Fsp3) is 0.560. The van der Waals surface area contributed by atoms with Crippen LogP contribution >= 0.6 is 0 Å². The highest BCUT2D eigenvalue weighted by Crippen LogP contribution is 2.71. The van der Waals surface area contributed by atoms with E-state index in [1.54, 1.807) is 30.3 Å². The first kappa shape index (κ1) is 67.9. The Morgan fingerprint density at radius 1 is 0.823 bits per heavy atom. The molecule has 3 aromatic rings. The summed E-state index contributed by atoms with van der Waals surface area (Å²) in [5.41, 5.74) is 15.9. The number of aliphatic carboxylic acids is 1. The molecule has 0 radical (unpaired) electrons. The molecule has 21 nitrogen and oxygen atoms in total. The molecule has 512 valence electrons. The fourth-order valence-electron chi connectivity index (χ4n) is 18.2. The van der Waals surface area contributed by atoms with Gasteiger partial charge in [0.1, 0.15) is 12.6 Å². The van der Waals surface area contributed by atoms with Crippen LogP contribution in [0.5, 0.6) is 0 Å². The number of benzene rings is 3. The first-order valence-electron chi connectivity index (χ1n) is 34.6. The molecule has 1 saturated heterocycles. The number of carbonyl (C=O) groups excluding carboxylic acids is 7. The van der Waals surface area contributed by atoms with Crippen molar-refractivity contribution in [3.8, 4) is 0 Å². The number of ether oxygens (including phenoxy) is 4. The minimum absolute atomic E-state index is 0.0118. The zero-order chi connectivity index (χ0) is 67.9. The molecule has 8 fully saturated rings. The van der Waals surface area contributed by atoms with Gasteiger partial charge in [-0.2, -0.15) is 5.10 Å². The van der Waals surface area contributed by atoms with Crippen molar-refractivity contribution in [3.05, 3.63) is 130 Å². The van der Waals surface area contributed by atoms with Crippen LogP contribution in [0.2, 0.25) is 0 Å². The maximum absolute atomic E-state index is 15.1. The highest BCUT2D eigenvalue weighted by molar-refractivity contribution is 6.01. The van der Waals surface area contributed by atoms with Crippen LogP contribution in [-0.4, -0.2) is 132 Å². The van der Waals surface area contributed by atoms with E-state index in [2.05, 4.69) is 72.4 Å². The van der Waals surface area contributed by atoms with Crippen LogP contribution < -0.4 is 27.1 Å². The molecule has 7 N–H and O–H groups in total. The predicted octanol–water partition coefficient (Wildman–Crippen LogP) is 9.89. The fourth-order valence-corrected chi connectivity index (χ4v) is 18.2. The largest absolute Gasteiger partial charge is 0.481 e. The molecule has 5 amide bonds. The second-order valence-corrected chi connectivity index (χ2v) is 30.1. The third-order valence-corrected chi connectivity index (χ3v) is 23.4. The number of anilines is 1. The van der Waals surface area contributed by atoms with Crippen molar-refractivity contribution in [2.24, 2.45) is 62.6 Å². The number of allylic oxidation sites excluding steroid dienone is 5. The molecule has 3 aromatic carbocycles. The molecule has 2 unspecified atom stereocenters. The lowest BCUT2D eigenvalue weighted by molar-refractivity contribution is -0.186. The summed E-state index contributed by atoms with van der Waals surface area (Å²) in [5.74, 6) is -0.950. The molecule has 7 saturated carbocycles. The van der Waals surface area contributed by atoms with Gasteiger partial charge in [-0.25, -0.2) is 9.59 Å². The number of hydrogen-bond donors (Lipinski definition) is 6. The molecule has 2 bridgehead atoms. The number of likely N-dealkylation sites (N-methyl/N-ethyl adjacent to an activating group) is 2. The predicted molar refractivity (Wildman–Crippen MR) is 359 cm³/mol. The number of amides is 5. The van der Waals surface area contributed by atoms with Gasteiger partial charge in [0.05, 0.1) is 24.8 Å². The number of nitrogens with two attached hydrogens (primary N) is 1. The number of carbonyl (C=O) groups is 8. The van der Waals surface area contributed by atoms with Gasteiger partial charge in [-0.05, 0) is 183 Å². The van der Waals surface area contributed by atoms with E-state index in [-0.39, 0.29) is 72.8 Å². The average molecular weight is 1320 g/mol. The highest BCUT2D eigenvalue weighted by atomic mass is 16.7. The van der Waals surface area contributed by atoms with Gasteiger partial charge in [-0.3, -0.25) is 34.2 Å². The van der Waals surface area contributed by atoms with E-state index >= 15 is 4.79 Å². The maximum Gasteiger partial charge on any atom is 0.409 e. The van der Waals surface area contributed by atoms with Crippen LogP contribution in [0.25, 0.3) is 5.70 Å². The SMILES string of the molecule is CC(C)C1CCCC2=C(c3ccc(CC(=O)NCC(=O)N[C@@H](CCC(=O)O)C(=O)Nc4ccc(COC(=O)N(C)CCN(C)C(=O)OCC(=O)[C@@]56O[C@H](c7ccc(CC89CC(N)(C8)C9)cc7)O[C@@H]5C[C@H]5[C@@H]7CCC8=CC(=O)C=C[C@]8(C)[C@H]7CC[C@@]56C)cc4)cc3)NN=CC2CC1. The lowest BCUT2D eigenvalue weighted by atomic mass is 9.38. The number of Topliss-reactive ketones (excluding diaryl/α,β-unsaturated/α-hetero) is 1. The van der Waals surface area contributed by atoms with E-state index in [1.807, 2.05) is 48.7 Å². The zero-order valence-corrected chi connectivity index (χ0v) is 56.3. The normalized spacial score (nSPS) is 30.7. The Bertz CT molecular complexity index is 3620. The first-order chi connectivity index (χ1) is 45.8. The third-order valence-electron chi connectivity index (χ3n) is 23.4. The second-order valence-electron chi connectivity index (χ2n) is 30.1. The highest BCUT2D eigenvalue weighted by Gasteiger charge is 2.75. The Morgan fingerprint density at radius 2 is 1.52 bits per heavy atom. The number of carboxylic acids is 1. The summed E-state index contributed by atoms with van der Waals surface area (Å²) in [6.45, 7) is 8.03. The van der Waals surface area contributed by atoms with Crippen molar-refractivity contribution in [3.63, 3.8) is 0 Å². The van der Waals surface area contributed by atoms with Gasteiger partial charge in [0.15, 0.2) is 24.3 Å². The zero-order valence-electron chi connectivity index (χ0n) is 56.3. The molecule has 0 spiro atoms. The summed E-state index contributed by atoms with van der Waals surface area (Å²) in [7, 11) is 3.05. The van der Waals surface area contributed by atoms with E-state index in [0.29, 0.717) is 41.3 Å². The standard InChI is InChI=1S/C75H94N8O13/c1-45(2)49-8-7-9-56-52(21-20-49)38-78-81-66(56)50-16-10-46(11-17-50)34-63(86)77-39-64(87)80-60(26-27-65(88)89)67(90)79-54-23-14-48(15-24-54)40-93-69(91)82(5)32-33-83(6)70(92)94-41-61(85)75-62(95-68(96-75)51-18-12-47(13-19-51)37-73-42-74(76,43-73)44-73)36-59-57-25-22-53-35-55(84)28-30-71(53,3)58(57)29-31-72(59,75)4/h10-19,23-24,28,30,35,38,45,49,52,57-60,62,68,81H,7-9,20-22,25-27,29,31-34,36-37,39-44,76H2,1-6H3,(H,77,86)(H,79,90)(H,80,87)(H,88,89)/t49?,52?,57-,58+,59+,60+,62-,68-,71+,72+,73?,74?,75-/m1/s1. The molecule has 96 heavy (non-hydrogen) atoms. The smallest absolute Gasteiger partial charge is 0.409 e. The number of rotatable bonds is 23. The Balaban J connectivity index is 0.592. The summed E-state index contributed by atoms with van der Waals surface area (Å²) >= 11 is 0. The Labute approximate surface area is 562 Å². The van der Waals surface area contributed by atoms with E-state index < -0.39 is 84.9 Å². The maximum atomic E-state index is 15.1. The van der Waals surface area contributed by atoms with Crippen LogP contribution in [0, 0.1) is 51.8 Å². The summed E-state index contributed by atoms with van der Waals surface area (Å²) in [5, 5.41) is 21.8. The Morgan fingerprint density at radius 3 is 2.22 bits per heavy atom. The number of hydrazone groups is 1. The molecule has 8 aliphatic carbocycles. The monoisotopic (exact) mass is 1310 g/mol. The molecule has 13 rings (SSSR count). The van der Waals surface area contributed by atoms with Crippen LogP contribution in [-0.2, 0) is 67.2 Å². The van der Waals surface area contributed by atoms with Crippen molar-refractivity contribution in [1.29, 1.82) is 0 Å². The molecule has 11 atom stereocenters. The second kappa shape index (κ2) is 27.5. The summed E-state index contributed by atoms with van der Waals surface area (Å²) in [6.07, 6.45) is 17.8. The molecular formula is C75H94N8O13. The van der Waals surface area contributed by atoms with E-state index in [1.165, 1.54) is 53.4 Å². The van der Waals surface area contributed by atoms with E-state index in [0.717, 1.165) is 92.5 Å². The van der Waals surface area contributed by atoms with Crippen LogP contribution in [0.15, 0.2) is 107 Å². The number of hydrogen-bond acceptors (Lipinski definition) is 15. The number of fused-ring (bicyclic) bond motifs is 8. The molecular weight excluding hydrogens is 1220 g/mol. The van der Waals surface area contributed by atoms with Gasteiger partial charge in [-0.15, -0.1) is 0 Å². The molecule has 21 heteroatoms. The first-order valence-corrected chi connectivity index (χ1v) is 34.6. The van der Waals surface area contributed by atoms with Gasteiger partial charge in [0, 0.05) is 73.4 Å². The molecule has 10 aliphatic rings. The van der Waals surface area contributed by atoms with Gasteiger partial charge in [-0.1, -0.05) is 100 Å². The summed E-state index contributed by atoms with van der Waals surface area (Å²) < 4.78 is 25.4. The van der Waals surface area contributed by atoms with Crippen molar-refractivity contribution in [1.82, 2.24) is 25.9 Å². The van der Waals surface area contributed by atoms with E-state index in [9.17, 15) is 38.7 Å². The van der Waals surface area contributed by atoms with E-state index in [4.69, 9.17) is 24.7 Å². The lowest BCUT2D eigenvalue weighted by Crippen LogP contribution is -2.72.